The molecule has 0 unspecified atom stereocenters. The number of hydrogen-bond donors (Lipinski definition) is 1. The lowest BCUT2D eigenvalue weighted by atomic mass is 9.98. The van der Waals surface area contributed by atoms with E-state index in [0.717, 1.165) is 5.56 Å². The van der Waals surface area contributed by atoms with Crippen molar-refractivity contribution in [1.82, 2.24) is 0 Å². The number of carbonyl (C=O) groups is 1. The molecule has 0 saturated carbocycles. The first-order chi connectivity index (χ1) is 6.02. The van der Waals surface area contributed by atoms with E-state index in [-0.39, 0.29) is 7.43 Å². The first-order valence-electron chi connectivity index (χ1n) is 4.00. The molecule has 0 aromatic heterocycles. The third-order valence-electron chi connectivity index (χ3n) is 1.81. The van der Waals surface area contributed by atoms with Gasteiger partial charge in [-0.1, -0.05) is 37.8 Å². The molecular formula is C11H16O3. The molecule has 0 atom stereocenters. The van der Waals surface area contributed by atoms with E-state index >= 15 is 0 Å². The van der Waals surface area contributed by atoms with E-state index in [0.29, 0.717) is 0 Å². The number of ether oxygens (including phenoxy) is 1. The second-order valence-electron chi connectivity index (χ2n) is 3.24. The Morgan fingerprint density at radius 1 is 1.29 bits per heavy atom. The van der Waals surface area contributed by atoms with Gasteiger partial charge >= 0.3 is 6.16 Å². The van der Waals surface area contributed by atoms with Crippen LogP contribution in [0.3, 0.4) is 0 Å². The SMILES string of the molecule is C.CC(C)(OC(=O)O)c1ccccc1. The van der Waals surface area contributed by atoms with Crippen LogP contribution in [0.1, 0.15) is 26.8 Å². The highest BCUT2D eigenvalue weighted by atomic mass is 16.7. The van der Waals surface area contributed by atoms with E-state index in [4.69, 9.17) is 9.84 Å². The van der Waals surface area contributed by atoms with Crippen molar-refractivity contribution >= 4 is 6.16 Å². The molecule has 1 N–H and O–H groups in total. The van der Waals surface area contributed by atoms with Crippen LogP contribution in [0.2, 0.25) is 0 Å². The van der Waals surface area contributed by atoms with E-state index in [1.807, 2.05) is 30.3 Å². The van der Waals surface area contributed by atoms with Crippen LogP contribution < -0.4 is 0 Å². The van der Waals surface area contributed by atoms with Crippen LogP contribution in [-0.4, -0.2) is 11.3 Å². The predicted molar refractivity (Wildman–Crippen MR) is 55.3 cm³/mol. The minimum Gasteiger partial charge on any atom is -0.450 e. The summed E-state index contributed by atoms with van der Waals surface area (Å²) in [6.07, 6.45) is -1.26. The largest absolute Gasteiger partial charge is 0.506 e. The van der Waals surface area contributed by atoms with E-state index in [1.54, 1.807) is 13.8 Å². The lowest BCUT2D eigenvalue weighted by Gasteiger charge is -2.23. The lowest BCUT2D eigenvalue weighted by Crippen LogP contribution is -2.24. The summed E-state index contributed by atoms with van der Waals surface area (Å²) in [5.74, 6) is 0. The third-order valence-corrected chi connectivity index (χ3v) is 1.81. The molecule has 0 fully saturated rings. The zero-order valence-electron chi connectivity index (χ0n) is 7.65. The molecule has 1 aromatic carbocycles. The molecule has 1 rings (SSSR count). The summed E-state index contributed by atoms with van der Waals surface area (Å²) in [5, 5.41) is 8.49. The molecule has 3 heteroatoms. The first-order valence-corrected chi connectivity index (χ1v) is 4.00. The van der Waals surface area contributed by atoms with Crippen molar-refractivity contribution in [1.29, 1.82) is 0 Å². The average Bonchev–Trinajstić information content (AvgIpc) is 2.04. The van der Waals surface area contributed by atoms with Crippen LogP contribution in [0.15, 0.2) is 30.3 Å². The van der Waals surface area contributed by atoms with Crippen molar-refractivity contribution < 1.29 is 14.6 Å². The van der Waals surface area contributed by atoms with E-state index in [1.165, 1.54) is 0 Å². The summed E-state index contributed by atoms with van der Waals surface area (Å²) in [6, 6.07) is 9.25. The maximum absolute atomic E-state index is 10.4. The standard InChI is InChI=1S/C10H12O3.CH4/c1-10(2,13-9(11)12)8-6-4-3-5-7-8;/h3-7H,1-2H3,(H,11,12);1H4. The summed E-state index contributed by atoms with van der Waals surface area (Å²) in [5.41, 5.74) is 0.0602. The van der Waals surface area contributed by atoms with Gasteiger partial charge in [0.05, 0.1) is 0 Å². The molecule has 0 aliphatic rings. The van der Waals surface area contributed by atoms with E-state index in [9.17, 15) is 4.79 Å². The monoisotopic (exact) mass is 196 g/mol. The maximum atomic E-state index is 10.4. The highest BCUT2D eigenvalue weighted by Crippen LogP contribution is 2.23. The Bertz CT molecular complexity index is 291. The molecular weight excluding hydrogens is 180 g/mol. The second-order valence-corrected chi connectivity index (χ2v) is 3.24. The summed E-state index contributed by atoms with van der Waals surface area (Å²) in [7, 11) is 0. The molecule has 0 spiro atoms. The average molecular weight is 196 g/mol. The summed E-state index contributed by atoms with van der Waals surface area (Å²) in [4.78, 5) is 10.4. The van der Waals surface area contributed by atoms with Crippen LogP contribution in [0, 0.1) is 0 Å². The van der Waals surface area contributed by atoms with Crippen LogP contribution in [0.5, 0.6) is 0 Å². The Kier molecular flexibility index (Phi) is 4.15. The number of carboxylic acid groups (broad SMARTS) is 1. The van der Waals surface area contributed by atoms with Crippen LogP contribution in [-0.2, 0) is 10.3 Å². The molecule has 0 aliphatic heterocycles. The topological polar surface area (TPSA) is 46.5 Å². The van der Waals surface area contributed by atoms with Gasteiger partial charge in [0.15, 0.2) is 0 Å². The van der Waals surface area contributed by atoms with Crippen LogP contribution in [0.4, 0.5) is 4.79 Å². The Morgan fingerprint density at radius 3 is 2.21 bits per heavy atom. The van der Waals surface area contributed by atoms with Crippen molar-refractivity contribution in [2.24, 2.45) is 0 Å². The molecule has 0 saturated heterocycles. The zero-order chi connectivity index (χ0) is 9.90. The lowest BCUT2D eigenvalue weighted by molar-refractivity contribution is 0.00103. The van der Waals surface area contributed by atoms with Gasteiger partial charge in [-0.3, -0.25) is 0 Å². The third kappa shape index (κ3) is 3.09. The van der Waals surface area contributed by atoms with Gasteiger partial charge in [0.1, 0.15) is 5.60 Å². The highest BCUT2D eigenvalue weighted by Gasteiger charge is 2.24. The Morgan fingerprint density at radius 2 is 1.79 bits per heavy atom. The number of hydrogen-bond acceptors (Lipinski definition) is 2. The fraction of sp³-hybridized carbons (Fsp3) is 0.364. The minimum atomic E-state index is -1.26. The molecule has 0 amide bonds. The van der Waals surface area contributed by atoms with Gasteiger partial charge in [-0.05, 0) is 19.4 Å². The second kappa shape index (κ2) is 4.65. The fourth-order valence-corrected chi connectivity index (χ4v) is 1.12. The van der Waals surface area contributed by atoms with Gasteiger partial charge in [0.25, 0.3) is 0 Å². The Hall–Kier alpha value is -1.51. The van der Waals surface area contributed by atoms with Gasteiger partial charge in [-0.15, -0.1) is 0 Å². The molecule has 78 valence electrons. The van der Waals surface area contributed by atoms with Crippen LogP contribution in [0.25, 0.3) is 0 Å². The molecule has 0 bridgehead atoms. The smallest absolute Gasteiger partial charge is 0.450 e. The van der Waals surface area contributed by atoms with Gasteiger partial charge in [0.2, 0.25) is 0 Å². The van der Waals surface area contributed by atoms with Crippen LogP contribution >= 0.6 is 0 Å². The van der Waals surface area contributed by atoms with Crippen molar-refractivity contribution in [3.05, 3.63) is 35.9 Å². The Labute approximate surface area is 84.3 Å². The van der Waals surface area contributed by atoms with Crippen molar-refractivity contribution in [2.45, 2.75) is 26.9 Å². The molecule has 14 heavy (non-hydrogen) atoms. The zero-order valence-corrected chi connectivity index (χ0v) is 7.65. The minimum absolute atomic E-state index is 0. The van der Waals surface area contributed by atoms with E-state index < -0.39 is 11.8 Å². The summed E-state index contributed by atoms with van der Waals surface area (Å²) < 4.78 is 4.74. The van der Waals surface area contributed by atoms with Crippen molar-refractivity contribution in [3.63, 3.8) is 0 Å². The predicted octanol–water partition coefficient (Wildman–Crippen LogP) is 3.25. The van der Waals surface area contributed by atoms with Gasteiger partial charge in [0, 0.05) is 0 Å². The highest BCUT2D eigenvalue weighted by molar-refractivity contribution is 5.57. The molecule has 0 heterocycles. The van der Waals surface area contributed by atoms with Gasteiger partial charge in [-0.25, -0.2) is 4.79 Å². The summed E-state index contributed by atoms with van der Waals surface area (Å²) in [6.45, 7) is 3.44. The van der Waals surface area contributed by atoms with Crippen molar-refractivity contribution in [3.8, 4) is 0 Å². The molecule has 0 aliphatic carbocycles. The molecule has 3 nitrogen and oxygen atoms in total. The fourth-order valence-electron chi connectivity index (χ4n) is 1.12. The quantitative estimate of drug-likeness (QED) is 0.738. The van der Waals surface area contributed by atoms with Gasteiger partial charge in [-0.2, -0.15) is 0 Å². The summed E-state index contributed by atoms with van der Waals surface area (Å²) >= 11 is 0. The van der Waals surface area contributed by atoms with Gasteiger partial charge < -0.3 is 9.84 Å². The number of benzene rings is 1. The molecule has 0 radical (unpaired) electrons. The van der Waals surface area contributed by atoms with Crippen molar-refractivity contribution in [2.75, 3.05) is 0 Å². The van der Waals surface area contributed by atoms with E-state index in [2.05, 4.69) is 0 Å². The first kappa shape index (κ1) is 12.5. The Balaban J connectivity index is 0.00000169. The molecule has 1 aromatic rings. The number of rotatable bonds is 2. The normalized spacial score (nSPS) is 10.1. The maximum Gasteiger partial charge on any atom is 0.506 e.